The van der Waals surface area contributed by atoms with E-state index in [1.165, 1.54) is 32.4 Å². The second-order valence-electron chi connectivity index (χ2n) is 8.66. The summed E-state index contributed by atoms with van der Waals surface area (Å²) in [6.07, 6.45) is 5.70. The van der Waals surface area contributed by atoms with Gasteiger partial charge in [-0.3, -0.25) is 0 Å². The topological polar surface area (TPSA) is 87.9 Å². The first kappa shape index (κ1) is 22.1. The summed E-state index contributed by atoms with van der Waals surface area (Å²) in [6, 6.07) is 4.75. The van der Waals surface area contributed by atoms with E-state index in [2.05, 4.69) is 13.8 Å². The van der Waals surface area contributed by atoms with Crippen molar-refractivity contribution in [3.05, 3.63) is 29.3 Å². The predicted octanol–water partition coefficient (Wildman–Crippen LogP) is 3.83. The molecule has 0 aromatic heterocycles. The molecule has 6 heteroatoms. The predicted molar refractivity (Wildman–Crippen MR) is 110 cm³/mol. The fourth-order valence-electron chi connectivity index (χ4n) is 5.02. The fraction of sp³-hybridized carbons (Fsp3) is 0.696. The Morgan fingerprint density at radius 1 is 1.31 bits per heavy atom. The number of aromatic carboxylic acids is 1. The summed E-state index contributed by atoms with van der Waals surface area (Å²) in [5.74, 6) is 1.27. The minimum absolute atomic E-state index is 0.115. The van der Waals surface area contributed by atoms with E-state index in [1.54, 1.807) is 12.1 Å². The van der Waals surface area contributed by atoms with Gasteiger partial charge in [-0.25, -0.2) is 4.79 Å². The Morgan fingerprint density at radius 2 is 2.10 bits per heavy atom. The van der Waals surface area contributed by atoms with Crippen LogP contribution in [0.1, 0.15) is 61.9 Å². The molecule has 2 aliphatic rings. The van der Waals surface area contributed by atoms with Crippen molar-refractivity contribution in [1.29, 1.82) is 0 Å². The zero-order valence-electron chi connectivity index (χ0n) is 17.7. The third kappa shape index (κ3) is 5.30. The number of fused-ring (bicyclic) bond motifs is 1. The van der Waals surface area contributed by atoms with Crippen molar-refractivity contribution in [3.63, 3.8) is 0 Å². The summed E-state index contributed by atoms with van der Waals surface area (Å²) in [5, 5.41) is 17.7. The van der Waals surface area contributed by atoms with E-state index >= 15 is 0 Å². The van der Waals surface area contributed by atoms with Crippen LogP contribution in [0.25, 0.3) is 0 Å². The Balaban J connectivity index is 1.63. The molecule has 0 spiro atoms. The molecule has 1 saturated carbocycles. The minimum Gasteiger partial charge on any atom is -0.496 e. The zero-order valence-corrected chi connectivity index (χ0v) is 17.7. The third-order valence-corrected chi connectivity index (χ3v) is 6.89. The first-order valence-corrected chi connectivity index (χ1v) is 10.7. The molecule has 1 aromatic rings. The van der Waals surface area contributed by atoms with Gasteiger partial charge in [-0.1, -0.05) is 25.8 Å². The second kappa shape index (κ2) is 9.92. The van der Waals surface area contributed by atoms with Gasteiger partial charge >= 0.3 is 5.97 Å². The summed E-state index contributed by atoms with van der Waals surface area (Å²) in [4.78, 5) is 11.1. The smallest absolute Gasteiger partial charge is 0.335 e. The number of ether oxygens (including phenoxy) is 3. The standard InChI is InChI=1S/C23H34O6/c1-14-7-8-16-5-4-6-19(20(16)13-28-14)15(2)23(26)29-12-18-10-9-17(22(24)25)11-21(18)27-3/h9-11,14-16,19-20,23,26H,4-8,12-13H2,1-3H3,(H,24,25)/p+1/t14?,15-,16-,19+,20?,23-/m1/s1. The average Bonchev–Trinajstić information content (AvgIpc) is 2.92. The summed E-state index contributed by atoms with van der Waals surface area (Å²) < 4.78 is 17.3. The van der Waals surface area contributed by atoms with Crippen LogP contribution in [0, 0.1) is 23.7 Å². The average molecular weight is 408 g/mol. The number of carbonyl (C=O) groups is 1. The van der Waals surface area contributed by atoms with Gasteiger partial charge < -0.3 is 24.4 Å². The lowest BCUT2D eigenvalue weighted by molar-refractivity contribution is -0.162. The highest BCUT2D eigenvalue weighted by Gasteiger charge is 2.41. The van der Waals surface area contributed by atoms with Crippen molar-refractivity contribution < 1.29 is 29.2 Å². The Labute approximate surface area is 173 Å². The van der Waals surface area contributed by atoms with Crippen LogP contribution in [0.15, 0.2) is 18.2 Å². The molecule has 6 atom stereocenters. The molecule has 2 fully saturated rings. The summed E-state index contributed by atoms with van der Waals surface area (Å²) in [6.45, 7) is 5.33. The van der Waals surface area contributed by atoms with Gasteiger partial charge in [0.25, 0.3) is 6.29 Å². The third-order valence-electron chi connectivity index (χ3n) is 6.89. The van der Waals surface area contributed by atoms with Gasteiger partial charge in [0.2, 0.25) is 0 Å². The highest BCUT2D eigenvalue weighted by atomic mass is 16.6. The highest BCUT2D eigenvalue weighted by molar-refractivity contribution is 5.88. The first-order valence-electron chi connectivity index (χ1n) is 10.7. The second-order valence-corrected chi connectivity index (χ2v) is 8.66. The van der Waals surface area contributed by atoms with E-state index in [0.717, 1.165) is 25.0 Å². The molecule has 3 N–H and O–H groups in total. The molecule has 1 heterocycles. The van der Waals surface area contributed by atoms with Crippen molar-refractivity contribution >= 4 is 5.97 Å². The van der Waals surface area contributed by atoms with Crippen LogP contribution in [0.3, 0.4) is 0 Å². The van der Waals surface area contributed by atoms with Crippen molar-refractivity contribution in [2.24, 2.45) is 23.7 Å². The number of hydrogen-bond donors (Lipinski definition) is 1. The maximum Gasteiger partial charge on any atom is 0.335 e. The van der Waals surface area contributed by atoms with Crippen LogP contribution in [0.4, 0.5) is 0 Å². The van der Waals surface area contributed by atoms with Gasteiger partial charge in [0.05, 0.1) is 37.9 Å². The van der Waals surface area contributed by atoms with Crippen molar-refractivity contribution in [2.45, 2.75) is 65.0 Å². The van der Waals surface area contributed by atoms with E-state index in [1.807, 2.05) is 0 Å². The van der Waals surface area contributed by atoms with E-state index in [4.69, 9.17) is 24.4 Å². The molecule has 0 amide bonds. The van der Waals surface area contributed by atoms with Gasteiger partial charge in [0, 0.05) is 5.56 Å². The van der Waals surface area contributed by atoms with Gasteiger partial charge in [-0.05, 0) is 56.1 Å². The van der Waals surface area contributed by atoms with Gasteiger partial charge in [0.15, 0.2) is 0 Å². The SMILES string of the molecule is COc1cc(C(=O)O)ccc1CO[C@@H]([OH2+])[C@H](C)[C@@H]1CCC[C@@H]2CCC(C)OCC21. The quantitative estimate of drug-likeness (QED) is 0.548. The molecule has 29 heavy (non-hydrogen) atoms. The largest absolute Gasteiger partial charge is 0.496 e. The molecule has 1 aliphatic carbocycles. The van der Waals surface area contributed by atoms with Crippen LogP contribution in [0.2, 0.25) is 0 Å². The molecule has 0 bridgehead atoms. The minimum atomic E-state index is -0.991. The zero-order chi connectivity index (χ0) is 21.0. The molecule has 1 aromatic carbocycles. The Bertz CT molecular complexity index is 690. The number of carboxylic acids is 1. The summed E-state index contributed by atoms with van der Waals surface area (Å²) in [7, 11) is 1.51. The Morgan fingerprint density at radius 3 is 2.83 bits per heavy atom. The number of benzene rings is 1. The van der Waals surface area contributed by atoms with Crippen molar-refractivity contribution in [1.82, 2.24) is 0 Å². The number of methoxy groups -OCH3 is 1. The maximum absolute atomic E-state index is 11.1. The molecule has 1 saturated heterocycles. The summed E-state index contributed by atoms with van der Waals surface area (Å²) in [5.41, 5.74) is 0.937. The molecule has 162 valence electrons. The van der Waals surface area contributed by atoms with Crippen molar-refractivity contribution in [3.8, 4) is 5.75 Å². The van der Waals surface area contributed by atoms with Crippen LogP contribution in [0.5, 0.6) is 5.75 Å². The maximum atomic E-state index is 11.1. The fourth-order valence-corrected chi connectivity index (χ4v) is 5.02. The van der Waals surface area contributed by atoms with Crippen LogP contribution in [-0.2, 0) is 16.1 Å². The lowest BCUT2D eigenvalue weighted by Crippen LogP contribution is -2.39. The van der Waals surface area contributed by atoms with E-state index in [0.29, 0.717) is 29.6 Å². The number of carboxylic acid groups (broad SMARTS) is 1. The number of hydrogen-bond acceptors (Lipinski definition) is 4. The van der Waals surface area contributed by atoms with Crippen molar-refractivity contribution in [2.75, 3.05) is 13.7 Å². The molecule has 0 radical (unpaired) electrons. The molecular formula is C23H35O6+. The monoisotopic (exact) mass is 407 g/mol. The van der Waals surface area contributed by atoms with Crippen LogP contribution in [-0.4, -0.2) is 42.3 Å². The number of rotatable bonds is 7. The van der Waals surface area contributed by atoms with Gasteiger partial charge in [-0.2, -0.15) is 0 Å². The van der Waals surface area contributed by atoms with E-state index < -0.39 is 12.3 Å². The lowest BCUT2D eigenvalue weighted by atomic mass is 9.66. The lowest BCUT2D eigenvalue weighted by Gasteiger charge is -2.40. The van der Waals surface area contributed by atoms with Crippen LogP contribution < -0.4 is 4.74 Å². The van der Waals surface area contributed by atoms with Crippen LogP contribution >= 0.6 is 0 Å². The normalized spacial score (nSPS) is 29.4. The molecule has 1 aliphatic heterocycles. The molecule has 3 rings (SSSR count). The van der Waals surface area contributed by atoms with Gasteiger partial charge in [-0.15, -0.1) is 0 Å². The van der Waals surface area contributed by atoms with E-state index in [9.17, 15) is 4.79 Å². The first-order chi connectivity index (χ1) is 13.9. The molecular weight excluding hydrogens is 372 g/mol. The summed E-state index contributed by atoms with van der Waals surface area (Å²) >= 11 is 0. The Hall–Kier alpha value is -1.63. The molecule has 6 nitrogen and oxygen atoms in total. The Kier molecular flexibility index (Phi) is 7.55. The van der Waals surface area contributed by atoms with Gasteiger partial charge in [0.1, 0.15) is 5.75 Å². The van der Waals surface area contributed by atoms with E-state index in [-0.39, 0.29) is 18.1 Å². The molecule has 2 unspecified atom stereocenters. The highest BCUT2D eigenvalue weighted by Crippen LogP contribution is 2.44.